The molecule has 0 bridgehead atoms. The summed E-state index contributed by atoms with van der Waals surface area (Å²) >= 11 is 0. The van der Waals surface area contributed by atoms with Gasteiger partial charge in [-0.05, 0) is 95.5 Å². The number of oxazole rings is 1. The van der Waals surface area contributed by atoms with Gasteiger partial charge in [-0.15, -0.1) is 10.2 Å². The first-order valence-electron chi connectivity index (χ1n) is 14.1. The van der Waals surface area contributed by atoms with Crippen LogP contribution in [0.25, 0.3) is 34.1 Å². The number of aromatic amines is 1. The molecule has 8 heteroatoms. The molecule has 0 fully saturated rings. The van der Waals surface area contributed by atoms with Gasteiger partial charge >= 0.3 is 0 Å². The molecular formula is C33H31N7O. The number of benzene rings is 3. The van der Waals surface area contributed by atoms with E-state index in [9.17, 15) is 0 Å². The summed E-state index contributed by atoms with van der Waals surface area (Å²) in [4.78, 5) is 9.68. The number of imidazole rings is 1. The summed E-state index contributed by atoms with van der Waals surface area (Å²) in [5.74, 6) is 2.32. The van der Waals surface area contributed by atoms with Gasteiger partial charge in [0.15, 0.2) is 5.82 Å². The van der Waals surface area contributed by atoms with Gasteiger partial charge in [0.2, 0.25) is 5.89 Å². The van der Waals surface area contributed by atoms with Crippen molar-refractivity contribution in [2.45, 2.75) is 53.0 Å². The maximum atomic E-state index is 5.75. The molecule has 1 aliphatic rings. The van der Waals surface area contributed by atoms with Crippen molar-refractivity contribution in [1.29, 1.82) is 0 Å². The van der Waals surface area contributed by atoms with Gasteiger partial charge in [0.25, 0.3) is 0 Å². The summed E-state index contributed by atoms with van der Waals surface area (Å²) in [6, 6.07) is 19.8. The number of aryl methyl sites for hydroxylation is 5. The minimum atomic E-state index is 0.577. The zero-order valence-electron chi connectivity index (χ0n) is 23.5. The summed E-state index contributed by atoms with van der Waals surface area (Å²) in [5, 5.41) is 14.7. The van der Waals surface area contributed by atoms with Gasteiger partial charge in [0.05, 0.1) is 16.7 Å². The van der Waals surface area contributed by atoms with Crippen molar-refractivity contribution in [2.24, 2.45) is 0 Å². The first kappa shape index (κ1) is 25.1. The number of nitrogens with zero attached hydrogens (tertiary/aromatic N) is 6. The van der Waals surface area contributed by atoms with Gasteiger partial charge in [-0.2, -0.15) is 5.21 Å². The molecule has 0 radical (unpaired) electrons. The van der Waals surface area contributed by atoms with Crippen molar-refractivity contribution in [3.8, 4) is 11.5 Å². The van der Waals surface area contributed by atoms with Crippen molar-refractivity contribution in [1.82, 2.24) is 35.2 Å². The maximum absolute atomic E-state index is 5.75. The van der Waals surface area contributed by atoms with Crippen LogP contribution < -0.4 is 0 Å². The molecule has 0 atom stereocenters. The standard InChI is InChI=1S/C33H31N7O/c1-4-7-31-35-32-20(2)14-25(33-34-21(3)19-41-33)16-29(32)40(31)18-22-10-13-27-24(15-22)12-11-23-8-5-6-9-26(23)28(27)17-30-36-38-39-37-30/h5-6,8-10,13-17,19H,4,7,11-12,18H2,1-3H3,(H,36,37,38,39). The predicted octanol–water partition coefficient (Wildman–Crippen LogP) is 6.51. The Morgan fingerprint density at radius 1 is 0.976 bits per heavy atom. The van der Waals surface area contributed by atoms with E-state index in [4.69, 9.17) is 9.40 Å². The molecule has 3 aromatic carbocycles. The Morgan fingerprint density at radius 2 is 1.83 bits per heavy atom. The molecule has 7 rings (SSSR count). The number of rotatable bonds is 6. The summed E-state index contributed by atoms with van der Waals surface area (Å²) in [5.41, 5.74) is 12.6. The highest BCUT2D eigenvalue weighted by Crippen LogP contribution is 2.36. The molecule has 3 aromatic heterocycles. The molecule has 8 nitrogen and oxygen atoms in total. The summed E-state index contributed by atoms with van der Waals surface area (Å²) in [6.45, 7) is 7.01. The second kappa shape index (κ2) is 10.3. The van der Waals surface area contributed by atoms with Crippen LogP contribution in [0.2, 0.25) is 0 Å². The third kappa shape index (κ3) is 4.65. The average Bonchev–Trinajstić information content (AvgIpc) is 3.71. The Hall–Kier alpha value is -4.85. The molecule has 0 saturated carbocycles. The predicted molar refractivity (Wildman–Crippen MR) is 159 cm³/mol. The fourth-order valence-corrected chi connectivity index (χ4v) is 5.97. The molecule has 0 spiro atoms. The van der Waals surface area contributed by atoms with Gasteiger partial charge in [-0.25, -0.2) is 9.97 Å². The van der Waals surface area contributed by atoms with Crippen LogP contribution in [-0.2, 0) is 25.8 Å². The minimum Gasteiger partial charge on any atom is -0.444 e. The molecule has 0 unspecified atom stereocenters. The quantitative estimate of drug-likeness (QED) is 0.258. The van der Waals surface area contributed by atoms with E-state index < -0.39 is 0 Å². The van der Waals surface area contributed by atoms with Crippen LogP contribution in [0.3, 0.4) is 0 Å². The Bertz CT molecular complexity index is 1910. The zero-order valence-corrected chi connectivity index (χ0v) is 23.5. The number of nitrogens with one attached hydrogen (secondary N) is 1. The zero-order chi connectivity index (χ0) is 27.9. The van der Waals surface area contributed by atoms with Crippen LogP contribution in [0, 0.1) is 13.8 Å². The molecule has 6 aromatic rings. The van der Waals surface area contributed by atoms with E-state index in [0.717, 1.165) is 71.5 Å². The fraction of sp³-hybridized carbons (Fsp3) is 0.242. The molecule has 1 aliphatic carbocycles. The monoisotopic (exact) mass is 541 g/mol. The fourth-order valence-electron chi connectivity index (χ4n) is 5.97. The number of hydrogen-bond donors (Lipinski definition) is 1. The molecule has 0 saturated heterocycles. The average molecular weight is 542 g/mol. The van der Waals surface area contributed by atoms with E-state index in [2.05, 4.69) is 98.6 Å². The van der Waals surface area contributed by atoms with Crippen molar-refractivity contribution in [2.75, 3.05) is 0 Å². The summed E-state index contributed by atoms with van der Waals surface area (Å²) < 4.78 is 8.12. The Labute approximate surface area is 238 Å². The van der Waals surface area contributed by atoms with Gasteiger partial charge in [0.1, 0.15) is 12.1 Å². The number of fused-ring (bicyclic) bond motifs is 3. The van der Waals surface area contributed by atoms with Gasteiger partial charge in [-0.1, -0.05) is 49.4 Å². The van der Waals surface area contributed by atoms with Crippen molar-refractivity contribution < 1.29 is 4.42 Å². The number of H-pyrrole nitrogens is 1. The van der Waals surface area contributed by atoms with Gasteiger partial charge in [-0.3, -0.25) is 0 Å². The highest BCUT2D eigenvalue weighted by atomic mass is 16.3. The largest absolute Gasteiger partial charge is 0.444 e. The van der Waals surface area contributed by atoms with Crippen LogP contribution in [0.5, 0.6) is 0 Å². The number of aromatic nitrogens is 7. The molecule has 3 heterocycles. The van der Waals surface area contributed by atoms with Crippen molar-refractivity contribution in [3.05, 3.63) is 112 Å². The lowest BCUT2D eigenvalue weighted by molar-refractivity contribution is 0.573. The van der Waals surface area contributed by atoms with E-state index >= 15 is 0 Å². The van der Waals surface area contributed by atoms with E-state index in [-0.39, 0.29) is 0 Å². The normalized spacial score (nSPS) is 13.9. The summed E-state index contributed by atoms with van der Waals surface area (Å²) in [6.07, 6.45) is 7.61. The van der Waals surface area contributed by atoms with E-state index in [1.807, 2.05) is 13.0 Å². The number of hydrogen-bond acceptors (Lipinski definition) is 6. The van der Waals surface area contributed by atoms with Crippen molar-refractivity contribution in [3.63, 3.8) is 0 Å². The third-order valence-electron chi connectivity index (χ3n) is 7.87. The van der Waals surface area contributed by atoms with E-state index in [1.165, 1.54) is 27.8 Å². The second-order valence-corrected chi connectivity index (χ2v) is 10.8. The lowest BCUT2D eigenvalue weighted by Crippen LogP contribution is -2.06. The third-order valence-corrected chi connectivity index (χ3v) is 7.87. The number of tetrazole rings is 1. The molecular weight excluding hydrogens is 510 g/mol. The molecule has 0 amide bonds. The molecule has 41 heavy (non-hydrogen) atoms. The Morgan fingerprint density at radius 3 is 2.63 bits per heavy atom. The Balaban J connectivity index is 1.32. The van der Waals surface area contributed by atoms with Crippen LogP contribution in [0.15, 0.2) is 65.3 Å². The smallest absolute Gasteiger partial charge is 0.226 e. The van der Waals surface area contributed by atoms with Crippen LogP contribution in [0.4, 0.5) is 0 Å². The molecule has 0 aliphatic heterocycles. The maximum Gasteiger partial charge on any atom is 0.226 e. The Kier molecular flexibility index (Phi) is 6.30. The van der Waals surface area contributed by atoms with Gasteiger partial charge in [0, 0.05) is 18.5 Å². The van der Waals surface area contributed by atoms with Crippen LogP contribution in [-0.4, -0.2) is 35.2 Å². The SMILES string of the molecule is CCCc1nc2c(C)cc(-c3nc(C)co3)cc2n1Cc1ccc2c(c1)CCc1ccccc1C2=Cc1nn[nH]n1. The van der Waals surface area contributed by atoms with Crippen molar-refractivity contribution >= 4 is 22.7 Å². The summed E-state index contributed by atoms with van der Waals surface area (Å²) in [7, 11) is 0. The van der Waals surface area contributed by atoms with Gasteiger partial charge < -0.3 is 8.98 Å². The lowest BCUT2D eigenvalue weighted by Gasteiger charge is -2.15. The first-order chi connectivity index (χ1) is 20.1. The first-order valence-corrected chi connectivity index (χ1v) is 14.1. The highest BCUT2D eigenvalue weighted by molar-refractivity contribution is 5.93. The minimum absolute atomic E-state index is 0.577. The lowest BCUT2D eigenvalue weighted by atomic mass is 9.92. The second-order valence-electron chi connectivity index (χ2n) is 10.8. The topological polar surface area (TPSA) is 98.3 Å². The molecule has 1 N–H and O–H groups in total. The highest BCUT2D eigenvalue weighted by Gasteiger charge is 2.21. The van der Waals surface area contributed by atoms with Crippen LogP contribution >= 0.6 is 0 Å². The van der Waals surface area contributed by atoms with E-state index in [1.54, 1.807) is 6.26 Å². The molecule has 204 valence electrons. The van der Waals surface area contributed by atoms with E-state index in [0.29, 0.717) is 11.7 Å². The van der Waals surface area contributed by atoms with Crippen LogP contribution in [0.1, 0.15) is 64.1 Å².